The molecule has 0 aromatic carbocycles. The number of aliphatic hydroxyl groups is 1. The first kappa shape index (κ1) is 20.4. The van der Waals surface area contributed by atoms with Gasteiger partial charge in [0.1, 0.15) is 5.60 Å². The smallest absolute Gasteiger partial charge is 0.407 e. The summed E-state index contributed by atoms with van der Waals surface area (Å²) in [5, 5.41) is 15.5. The second kappa shape index (κ2) is 9.64. The Morgan fingerprint density at radius 3 is 2.75 bits per heavy atom. The van der Waals surface area contributed by atoms with Crippen molar-refractivity contribution in [1.82, 2.24) is 10.6 Å². The Bertz CT molecular complexity index is 445. The number of rotatable bonds is 5. The number of nitrogens with one attached hydrogen (secondary N) is 2. The molecule has 0 aliphatic carbocycles. The predicted octanol–water partition coefficient (Wildman–Crippen LogP) is 1.50. The Balaban J connectivity index is 2.32. The fourth-order valence-electron chi connectivity index (χ4n) is 2.20. The lowest BCUT2D eigenvalue weighted by Gasteiger charge is -2.25. The zero-order chi connectivity index (χ0) is 18.2. The van der Waals surface area contributed by atoms with Gasteiger partial charge in [0, 0.05) is 12.5 Å². The molecule has 0 saturated heterocycles. The van der Waals surface area contributed by atoms with Crippen molar-refractivity contribution in [2.45, 2.75) is 70.7 Å². The van der Waals surface area contributed by atoms with E-state index in [-0.39, 0.29) is 31.0 Å². The summed E-state index contributed by atoms with van der Waals surface area (Å²) in [6.45, 7) is 7.88. The summed E-state index contributed by atoms with van der Waals surface area (Å²) in [6.07, 6.45) is 3.86. The molecule has 24 heavy (non-hydrogen) atoms. The van der Waals surface area contributed by atoms with Gasteiger partial charge in [0.15, 0.2) is 0 Å². The Kier molecular flexibility index (Phi) is 8.21. The highest BCUT2D eigenvalue weighted by Crippen LogP contribution is 2.08. The van der Waals surface area contributed by atoms with Gasteiger partial charge in [-0.05, 0) is 40.5 Å². The maximum atomic E-state index is 12.0. The zero-order valence-electron chi connectivity index (χ0n) is 15.0. The van der Waals surface area contributed by atoms with Crippen LogP contribution in [0.2, 0.25) is 0 Å². The van der Waals surface area contributed by atoms with E-state index in [1.807, 2.05) is 19.1 Å². The molecule has 1 aliphatic heterocycles. The van der Waals surface area contributed by atoms with Crippen LogP contribution >= 0.6 is 0 Å². The Morgan fingerprint density at radius 2 is 2.08 bits per heavy atom. The first-order valence-electron chi connectivity index (χ1n) is 8.37. The molecule has 138 valence electrons. The Labute approximate surface area is 143 Å². The normalized spacial score (nSPS) is 24.2. The maximum Gasteiger partial charge on any atom is 0.407 e. The standard InChI is InChI=1S/C17H30N2O5/c1-12(18-16(22)24-17(2,3)4)8-9-15(21)19-13-7-5-6-10-23-11-14(13)20/h5-6,12-14,20H,7-11H2,1-4H3,(H,18,22)(H,19,21)/b6-5-/t12?,13?,14-/m1/s1. The number of carbonyl (C=O) groups excluding carboxylic acids is 2. The van der Waals surface area contributed by atoms with Gasteiger partial charge in [0.05, 0.1) is 25.4 Å². The largest absolute Gasteiger partial charge is 0.444 e. The third-order valence-electron chi connectivity index (χ3n) is 3.44. The van der Waals surface area contributed by atoms with Crippen LogP contribution in [0.1, 0.15) is 47.0 Å². The second-order valence-electron chi connectivity index (χ2n) is 7.07. The molecular formula is C17H30N2O5. The Morgan fingerprint density at radius 1 is 1.38 bits per heavy atom. The molecule has 1 aliphatic rings. The van der Waals surface area contributed by atoms with Crippen LogP contribution in [0.3, 0.4) is 0 Å². The van der Waals surface area contributed by atoms with E-state index >= 15 is 0 Å². The van der Waals surface area contributed by atoms with Gasteiger partial charge in [-0.3, -0.25) is 4.79 Å². The topological polar surface area (TPSA) is 96.9 Å². The highest BCUT2D eigenvalue weighted by Gasteiger charge is 2.22. The highest BCUT2D eigenvalue weighted by molar-refractivity contribution is 5.76. The van der Waals surface area contributed by atoms with Crippen LogP contribution in [0.5, 0.6) is 0 Å². The van der Waals surface area contributed by atoms with Crippen molar-refractivity contribution in [3.63, 3.8) is 0 Å². The lowest BCUT2D eigenvalue weighted by Crippen LogP contribution is -2.46. The molecule has 0 spiro atoms. The molecule has 0 bridgehead atoms. The molecule has 1 heterocycles. The van der Waals surface area contributed by atoms with E-state index in [1.165, 1.54) is 0 Å². The van der Waals surface area contributed by atoms with E-state index in [1.54, 1.807) is 20.8 Å². The summed E-state index contributed by atoms with van der Waals surface area (Å²) >= 11 is 0. The van der Waals surface area contributed by atoms with Crippen LogP contribution in [0.4, 0.5) is 4.79 Å². The van der Waals surface area contributed by atoms with Gasteiger partial charge < -0.3 is 25.2 Å². The number of ether oxygens (including phenoxy) is 2. The first-order chi connectivity index (χ1) is 11.2. The van der Waals surface area contributed by atoms with Gasteiger partial charge in [-0.25, -0.2) is 4.79 Å². The van der Waals surface area contributed by atoms with Crippen molar-refractivity contribution >= 4 is 12.0 Å². The van der Waals surface area contributed by atoms with Crippen LogP contribution in [0.15, 0.2) is 12.2 Å². The van der Waals surface area contributed by atoms with Crippen molar-refractivity contribution in [2.24, 2.45) is 0 Å². The van der Waals surface area contributed by atoms with Crippen LogP contribution < -0.4 is 10.6 Å². The average molecular weight is 342 g/mol. The van der Waals surface area contributed by atoms with Crippen LogP contribution in [0, 0.1) is 0 Å². The Hall–Kier alpha value is -1.60. The number of hydrogen-bond donors (Lipinski definition) is 3. The predicted molar refractivity (Wildman–Crippen MR) is 90.6 cm³/mol. The summed E-state index contributed by atoms with van der Waals surface area (Å²) < 4.78 is 10.4. The molecule has 7 heteroatoms. The molecule has 2 amide bonds. The third-order valence-corrected chi connectivity index (χ3v) is 3.44. The average Bonchev–Trinajstić information content (AvgIpc) is 2.42. The number of carbonyl (C=O) groups is 2. The van der Waals surface area contributed by atoms with Gasteiger partial charge in [-0.1, -0.05) is 12.2 Å². The molecule has 1 rings (SSSR count). The van der Waals surface area contributed by atoms with Gasteiger partial charge in [0.2, 0.25) is 5.91 Å². The molecule has 0 fully saturated rings. The fourth-order valence-corrected chi connectivity index (χ4v) is 2.20. The molecular weight excluding hydrogens is 312 g/mol. The minimum atomic E-state index is -0.726. The first-order valence-corrected chi connectivity index (χ1v) is 8.37. The van der Waals surface area contributed by atoms with Crippen LogP contribution in [0.25, 0.3) is 0 Å². The van der Waals surface area contributed by atoms with Gasteiger partial charge in [0.25, 0.3) is 0 Å². The van der Waals surface area contributed by atoms with E-state index in [2.05, 4.69) is 10.6 Å². The monoisotopic (exact) mass is 342 g/mol. The molecule has 0 aromatic rings. The molecule has 0 radical (unpaired) electrons. The second-order valence-corrected chi connectivity index (χ2v) is 7.07. The highest BCUT2D eigenvalue weighted by atomic mass is 16.6. The molecule has 0 saturated carbocycles. The number of amides is 2. The van der Waals surface area contributed by atoms with Crippen LogP contribution in [-0.2, 0) is 14.3 Å². The summed E-state index contributed by atoms with van der Waals surface area (Å²) in [5.74, 6) is -0.161. The van der Waals surface area contributed by atoms with E-state index in [9.17, 15) is 14.7 Å². The van der Waals surface area contributed by atoms with Crippen molar-refractivity contribution in [2.75, 3.05) is 13.2 Å². The van der Waals surface area contributed by atoms with Crippen molar-refractivity contribution in [3.05, 3.63) is 12.2 Å². The zero-order valence-corrected chi connectivity index (χ0v) is 15.0. The van der Waals surface area contributed by atoms with E-state index in [0.717, 1.165) is 0 Å². The number of hydrogen-bond acceptors (Lipinski definition) is 5. The molecule has 2 unspecified atom stereocenters. The summed E-state index contributed by atoms with van der Waals surface area (Å²) in [7, 11) is 0. The lowest BCUT2D eigenvalue weighted by atomic mass is 10.1. The third kappa shape index (κ3) is 8.88. The summed E-state index contributed by atoms with van der Waals surface area (Å²) in [4.78, 5) is 23.7. The van der Waals surface area contributed by atoms with Gasteiger partial charge in [-0.15, -0.1) is 0 Å². The number of alkyl carbamates (subject to hydrolysis) is 1. The van der Waals surface area contributed by atoms with E-state index in [0.29, 0.717) is 19.4 Å². The number of aliphatic hydroxyl groups excluding tert-OH is 1. The SMILES string of the molecule is CC(CCC(=O)NC1C/C=C\COC[C@H]1O)NC(=O)OC(C)(C)C. The lowest BCUT2D eigenvalue weighted by molar-refractivity contribution is -0.123. The van der Waals surface area contributed by atoms with Gasteiger partial charge in [-0.2, -0.15) is 0 Å². The van der Waals surface area contributed by atoms with E-state index < -0.39 is 17.8 Å². The summed E-state index contributed by atoms with van der Waals surface area (Å²) in [6, 6.07) is -0.542. The maximum absolute atomic E-state index is 12.0. The minimum absolute atomic E-state index is 0.161. The van der Waals surface area contributed by atoms with Crippen molar-refractivity contribution in [3.8, 4) is 0 Å². The molecule has 3 N–H and O–H groups in total. The van der Waals surface area contributed by atoms with Crippen molar-refractivity contribution < 1.29 is 24.2 Å². The van der Waals surface area contributed by atoms with Crippen molar-refractivity contribution in [1.29, 1.82) is 0 Å². The minimum Gasteiger partial charge on any atom is -0.444 e. The molecule has 7 nitrogen and oxygen atoms in total. The summed E-state index contributed by atoms with van der Waals surface area (Å²) in [5.41, 5.74) is -0.550. The molecule has 3 atom stereocenters. The fraction of sp³-hybridized carbons (Fsp3) is 0.765. The van der Waals surface area contributed by atoms with Crippen LogP contribution in [-0.4, -0.2) is 54.1 Å². The van der Waals surface area contributed by atoms with E-state index in [4.69, 9.17) is 9.47 Å². The van der Waals surface area contributed by atoms with Gasteiger partial charge >= 0.3 is 6.09 Å². The quantitative estimate of drug-likeness (QED) is 0.658. The molecule has 0 aromatic heterocycles.